The monoisotopic (exact) mass is 390 g/mol. The Morgan fingerprint density at radius 3 is 2.58 bits per heavy atom. The van der Waals surface area contributed by atoms with Gasteiger partial charge in [0.2, 0.25) is 0 Å². The van der Waals surface area contributed by atoms with E-state index in [1.54, 1.807) is 6.21 Å². The quantitative estimate of drug-likeness (QED) is 0.279. The first-order valence-corrected chi connectivity index (χ1v) is 9.82. The molecule has 4 nitrogen and oxygen atoms in total. The molecule has 0 saturated heterocycles. The third kappa shape index (κ3) is 7.10. The van der Waals surface area contributed by atoms with Crippen molar-refractivity contribution in [3.63, 3.8) is 0 Å². The first kappa shape index (κ1) is 20.3. The van der Waals surface area contributed by atoms with Gasteiger partial charge in [-0.2, -0.15) is 5.10 Å². The van der Waals surface area contributed by atoms with Crippen molar-refractivity contribution in [1.29, 1.82) is 0 Å². The summed E-state index contributed by atoms with van der Waals surface area (Å²) < 4.78 is 5.61. The van der Waals surface area contributed by atoms with Gasteiger partial charge in [0.15, 0.2) is 0 Å². The number of hydrazone groups is 1. The Kier molecular flexibility index (Phi) is 8.51. The Hall–Kier alpha value is -1.98. The fraction of sp³-hybridized carbons (Fsp3) is 0.300. The number of benzene rings is 2. The van der Waals surface area contributed by atoms with Crippen LogP contribution < -0.4 is 10.2 Å². The highest BCUT2D eigenvalue weighted by molar-refractivity contribution is 8.00. The molecule has 1 atom stereocenters. The third-order valence-electron chi connectivity index (χ3n) is 3.53. The van der Waals surface area contributed by atoms with E-state index < -0.39 is 0 Å². The molecular formula is C20H23ClN2O2S. The van der Waals surface area contributed by atoms with Crippen molar-refractivity contribution >= 4 is 35.5 Å². The third-order valence-corrected chi connectivity index (χ3v) is 4.89. The molecule has 0 radical (unpaired) electrons. The number of ether oxygens (including phenoxy) is 1. The number of thioether (sulfide) groups is 1. The zero-order valence-corrected chi connectivity index (χ0v) is 16.5. The number of nitrogens with one attached hydrogen (secondary N) is 1. The van der Waals surface area contributed by atoms with Crippen molar-refractivity contribution in [2.24, 2.45) is 5.10 Å². The summed E-state index contributed by atoms with van der Waals surface area (Å²) in [7, 11) is 0. The van der Waals surface area contributed by atoms with Crippen LogP contribution in [-0.4, -0.2) is 24.0 Å². The van der Waals surface area contributed by atoms with Gasteiger partial charge in [-0.15, -0.1) is 11.8 Å². The lowest BCUT2D eigenvalue weighted by atomic mass is 10.2. The molecule has 6 heteroatoms. The Bertz CT molecular complexity index is 718. The van der Waals surface area contributed by atoms with Gasteiger partial charge < -0.3 is 4.74 Å². The van der Waals surface area contributed by atoms with E-state index in [0.717, 1.165) is 35.7 Å². The fourth-order valence-electron chi connectivity index (χ4n) is 2.02. The first-order chi connectivity index (χ1) is 12.6. The average Bonchev–Trinajstić information content (AvgIpc) is 2.65. The zero-order chi connectivity index (χ0) is 18.8. The number of nitrogens with zero attached hydrogens (tertiary/aromatic N) is 1. The van der Waals surface area contributed by atoms with Crippen LogP contribution in [0.5, 0.6) is 5.75 Å². The van der Waals surface area contributed by atoms with Gasteiger partial charge in [-0.1, -0.05) is 24.9 Å². The number of amides is 1. The molecule has 0 saturated carbocycles. The molecule has 1 N–H and O–H groups in total. The van der Waals surface area contributed by atoms with Gasteiger partial charge >= 0.3 is 0 Å². The molecule has 0 fully saturated rings. The van der Waals surface area contributed by atoms with E-state index in [4.69, 9.17) is 16.3 Å². The SMILES string of the molecule is CCCCOc1ccc(/C=N\NC(=O)[C@H](C)Sc2ccc(Cl)cc2)cc1. The number of rotatable bonds is 9. The van der Waals surface area contributed by atoms with Crippen LogP contribution >= 0.6 is 23.4 Å². The van der Waals surface area contributed by atoms with E-state index in [1.807, 2.05) is 55.5 Å². The van der Waals surface area contributed by atoms with Gasteiger partial charge in [0.05, 0.1) is 18.1 Å². The molecular weight excluding hydrogens is 368 g/mol. The number of carbonyl (C=O) groups excluding carboxylic acids is 1. The van der Waals surface area contributed by atoms with Gasteiger partial charge in [0.1, 0.15) is 5.75 Å². The maximum atomic E-state index is 12.1. The molecule has 2 aromatic rings. The summed E-state index contributed by atoms with van der Waals surface area (Å²) in [5, 5.41) is 4.44. The predicted molar refractivity (Wildman–Crippen MR) is 109 cm³/mol. The smallest absolute Gasteiger partial charge is 0.253 e. The molecule has 0 spiro atoms. The van der Waals surface area contributed by atoms with Crippen LogP contribution in [0, 0.1) is 0 Å². The second-order valence-corrected chi connectivity index (χ2v) is 7.57. The standard InChI is InChI=1S/C20H23ClN2O2S/c1-3-4-13-25-18-9-5-16(6-10-18)14-22-23-20(24)15(2)26-19-11-7-17(21)8-12-19/h5-12,14-15H,3-4,13H2,1-2H3,(H,23,24)/b22-14-/t15-/m0/s1. The Morgan fingerprint density at radius 1 is 1.23 bits per heavy atom. The van der Waals surface area contributed by atoms with E-state index >= 15 is 0 Å². The zero-order valence-electron chi connectivity index (χ0n) is 14.9. The van der Waals surface area contributed by atoms with Crippen LogP contribution in [0.25, 0.3) is 0 Å². The Balaban J connectivity index is 1.79. The lowest BCUT2D eigenvalue weighted by molar-refractivity contribution is -0.120. The maximum absolute atomic E-state index is 12.1. The molecule has 26 heavy (non-hydrogen) atoms. The van der Waals surface area contributed by atoms with Crippen LogP contribution in [0.4, 0.5) is 0 Å². The van der Waals surface area contributed by atoms with Gasteiger partial charge in [-0.3, -0.25) is 4.79 Å². The molecule has 2 aromatic carbocycles. The molecule has 0 unspecified atom stereocenters. The largest absolute Gasteiger partial charge is 0.494 e. The van der Waals surface area contributed by atoms with E-state index in [-0.39, 0.29) is 11.2 Å². The average molecular weight is 391 g/mol. The number of hydrogen-bond donors (Lipinski definition) is 1. The summed E-state index contributed by atoms with van der Waals surface area (Å²) >= 11 is 7.32. The van der Waals surface area contributed by atoms with Gasteiger partial charge in [0.25, 0.3) is 5.91 Å². The van der Waals surface area contributed by atoms with Crippen LogP contribution in [0.3, 0.4) is 0 Å². The van der Waals surface area contributed by atoms with Crippen molar-refractivity contribution < 1.29 is 9.53 Å². The molecule has 2 rings (SSSR count). The van der Waals surface area contributed by atoms with Crippen molar-refractivity contribution in [3.8, 4) is 5.75 Å². The van der Waals surface area contributed by atoms with Gasteiger partial charge in [-0.05, 0) is 67.4 Å². The van der Waals surface area contributed by atoms with Crippen molar-refractivity contribution in [3.05, 3.63) is 59.1 Å². The van der Waals surface area contributed by atoms with Crippen molar-refractivity contribution in [2.75, 3.05) is 6.61 Å². The minimum Gasteiger partial charge on any atom is -0.494 e. The van der Waals surface area contributed by atoms with Crippen LogP contribution in [-0.2, 0) is 4.79 Å². The highest BCUT2D eigenvalue weighted by Crippen LogP contribution is 2.24. The lowest BCUT2D eigenvalue weighted by Crippen LogP contribution is -2.26. The molecule has 0 heterocycles. The van der Waals surface area contributed by atoms with Crippen LogP contribution in [0.15, 0.2) is 58.5 Å². The summed E-state index contributed by atoms with van der Waals surface area (Å²) in [4.78, 5) is 13.1. The summed E-state index contributed by atoms with van der Waals surface area (Å²) in [6.45, 7) is 4.70. The lowest BCUT2D eigenvalue weighted by Gasteiger charge is -2.09. The van der Waals surface area contributed by atoms with Crippen molar-refractivity contribution in [2.45, 2.75) is 36.8 Å². The Labute approximate surface area is 164 Å². The summed E-state index contributed by atoms with van der Waals surface area (Å²) in [5.41, 5.74) is 3.47. The second-order valence-electron chi connectivity index (χ2n) is 5.72. The van der Waals surface area contributed by atoms with Crippen LogP contribution in [0.2, 0.25) is 5.02 Å². The van der Waals surface area contributed by atoms with Gasteiger partial charge in [0, 0.05) is 9.92 Å². The highest BCUT2D eigenvalue weighted by atomic mass is 35.5. The second kappa shape index (κ2) is 10.9. The van der Waals surface area contributed by atoms with E-state index in [1.165, 1.54) is 11.8 Å². The minimum atomic E-state index is -0.261. The summed E-state index contributed by atoms with van der Waals surface area (Å²) in [5.74, 6) is 0.688. The molecule has 0 bridgehead atoms. The molecule has 138 valence electrons. The van der Waals surface area contributed by atoms with E-state index in [9.17, 15) is 4.79 Å². The molecule has 0 aliphatic rings. The van der Waals surface area contributed by atoms with E-state index in [0.29, 0.717) is 5.02 Å². The number of carbonyl (C=O) groups is 1. The minimum absolute atomic E-state index is 0.152. The topological polar surface area (TPSA) is 50.7 Å². The molecule has 0 aliphatic heterocycles. The first-order valence-electron chi connectivity index (χ1n) is 8.56. The summed E-state index contributed by atoms with van der Waals surface area (Å²) in [6, 6.07) is 15.0. The number of halogens is 1. The molecule has 1 amide bonds. The summed E-state index contributed by atoms with van der Waals surface area (Å²) in [6.07, 6.45) is 3.77. The van der Waals surface area contributed by atoms with Gasteiger partial charge in [-0.25, -0.2) is 5.43 Å². The predicted octanol–water partition coefficient (Wildman–Crippen LogP) is 5.15. The van der Waals surface area contributed by atoms with Crippen LogP contribution in [0.1, 0.15) is 32.3 Å². The fourth-order valence-corrected chi connectivity index (χ4v) is 3.00. The molecule has 0 aromatic heterocycles. The highest BCUT2D eigenvalue weighted by Gasteiger charge is 2.13. The molecule has 0 aliphatic carbocycles. The number of unbranched alkanes of at least 4 members (excludes halogenated alkanes) is 1. The maximum Gasteiger partial charge on any atom is 0.253 e. The van der Waals surface area contributed by atoms with Crippen molar-refractivity contribution in [1.82, 2.24) is 5.43 Å². The Morgan fingerprint density at radius 2 is 1.92 bits per heavy atom. The normalized spacial score (nSPS) is 12.1. The van der Waals surface area contributed by atoms with E-state index in [2.05, 4.69) is 17.5 Å². The number of hydrogen-bond acceptors (Lipinski definition) is 4.